The van der Waals surface area contributed by atoms with Crippen LogP contribution in [-0.4, -0.2) is 38.4 Å². The third-order valence-corrected chi connectivity index (χ3v) is 5.67. The lowest BCUT2D eigenvalue weighted by Crippen LogP contribution is -2.40. The summed E-state index contributed by atoms with van der Waals surface area (Å²) in [4.78, 5) is 24.9. The first kappa shape index (κ1) is 15.3. The van der Waals surface area contributed by atoms with Gasteiger partial charge in [-0.05, 0) is 31.9 Å². The molecule has 1 aliphatic rings. The van der Waals surface area contributed by atoms with E-state index < -0.39 is 0 Å². The highest BCUT2D eigenvalue weighted by Crippen LogP contribution is 2.30. The first-order valence-corrected chi connectivity index (χ1v) is 9.12. The normalized spacial score (nSPS) is 18.2. The minimum Gasteiger partial charge on any atom is -0.340 e. The number of nitrogens with zero attached hydrogens (tertiary/aromatic N) is 4. The molecule has 0 unspecified atom stereocenters. The molecule has 0 saturated carbocycles. The first-order chi connectivity index (χ1) is 11.7. The van der Waals surface area contributed by atoms with Gasteiger partial charge in [0.05, 0.1) is 22.4 Å². The Balaban J connectivity index is 1.48. The number of benzene rings is 1. The van der Waals surface area contributed by atoms with Crippen LogP contribution in [0.15, 0.2) is 36.8 Å². The van der Waals surface area contributed by atoms with E-state index in [9.17, 15) is 4.79 Å². The number of fused-ring (bicyclic) bond motifs is 1. The van der Waals surface area contributed by atoms with E-state index in [1.165, 1.54) is 4.88 Å². The topological polar surface area (TPSA) is 51.0 Å². The second-order valence-electron chi connectivity index (χ2n) is 6.35. The van der Waals surface area contributed by atoms with Crippen molar-refractivity contribution in [2.75, 3.05) is 13.1 Å². The van der Waals surface area contributed by atoms with Gasteiger partial charge in [0.1, 0.15) is 6.54 Å². The van der Waals surface area contributed by atoms with Crippen LogP contribution in [0.2, 0.25) is 0 Å². The number of hydrogen-bond donors (Lipinski definition) is 0. The summed E-state index contributed by atoms with van der Waals surface area (Å²) in [6.07, 6.45) is 5.84. The third kappa shape index (κ3) is 2.94. The average Bonchev–Trinajstić information content (AvgIpc) is 3.22. The standard InChI is InChI=1S/C18H20N4OS/c1-13-9-19-18(24-13)14-5-4-8-21(10-14)17(23)11-22-12-20-15-6-2-3-7-16(15)22/h2-3,6-7,9,12,14H,4-5,8,10-11H2,1H3/t14-/m1/s1. The second-order valence-corrected chi connectivity index (χ2v) is 7.62. The van der Waals surface area contributed by atoms with Gasteiger partial charge >= 0.3 is 0 Å². The molecule has 6 heteroatoms. The van der Waals surface area contributed by atoms with Crippen LogP contribution in [0.3, 0.4) is 0 Å². The van der Waals surface area contributed by atoms with E-state index in [0.717, 1.165) is 42.0 Å². The molecule has 1 aliphatic heterocycles. The van der Waals surface area contributed by atoms with Crippen LogP contribution in [0.25, 0.3) is 11.0 Å². The number of likely N-dealkylation sites (tertiary alicyclic amines) is 1. The Hall–Kier alpha value is -2.21. The summed E-state index contributed by atoms with van der Waals surface area (Å²) in [6.45, 7) is 4.05. The highest BCUT2D eigenvalue weighted by molar-refractivity contribution is 7.11. The summed E-state index contributed by atoms with van der Waals surface area (Å²) in [5.41, 5.74) is 1.94. The Morgan fingerprint density at radius 1 is 1.33 bits per heavy atom. The molecule has 5 nitrogen and oxygen atoms in total. The van der Waals surface area contributed by atoms with E-state index in [-0.39, 0.29) is 5.91 Å². The van der Waals surface area contributed by atoms with Gasteiger partial charge in [-0.2, -0.15) is 0 Å². The van der Waals surface area contributed by atoms with Crippen molar-refractivity contribution in [2.24, 2.45) is 0 Å². The smallest absolute Gasteiger partial charge is 0.242 e. The zero-order valence-corrected chi connectivity index (χ0v) is 14.5. The fourth-order valence-corrected chi connectivity index (χ4v) is 4.25. The van der Waals surface area contributed by atoms with Gasteiger partial charge < -0.3 is 9.47 Å². The fraction of sp³-hybridized carbons (Fsp3) is 0.389. The van der Waals surface area contributed by atoms with Crippen LogP contribution in [-0.2, 0) is 11.3 Å². The molecule has 1 saturated heterocycles. The number of aromatic nitrogens is 3. The van der Waals surface area contributed by atoms with Gasteiger partial charge in [0, 0.05) is 30.1 Å². The predicted octanol–water partition coefficient (Wildman–Crippen LogP) is 3.21. The molecule has 1 amide bonds. The minimum atomic E-state index is 0.163. The Bertz CT molecular complexity index is 869. The minimum absolute atomic E-state index is 0.163. The van der Waals surface area contributed by atoms with Gasteiger partial charge in [0.2, 0.25) is 5.91 Å². The monoisotopic (exact) mass is 340 g/mol. The summed E-state index contributed by atoms with van der Waals surface area (Å²) in [5, 5.41) is 1.16. The van der Waals surface area contributed by atoms with Crippen molar-refractivity contribution in [3.63, 3.8) is 0 Å². The molecule has 2 aromatic heterocycles. The van der Waals surface area contributed by atoms with E-state index in [1.807, 2.05) is 39.9 Å². The van der Waals surface area contributed by atoms with Crippen molar-refractivity contribution in [2.45, 2.75) is 32.2 Å². The van der Waals surface area contributed by atoms with Crippen LogP contribution >= 0.6 is 11.3 Å². The Kier molecular flexibility index (Phi) is 4.06. The van der Waals surface area contributed by atoms with Crippen molar-refractivity contribution < 1.29 is 4.79 Å². The SMILES string of the molecule is Cc1cnc([C@@H]2CCCN(C(=O)Cn3cnc4ccccc43)C2)s1. The molecule has 0 N–H and O–H groups in total. The summed E-state index contributed by atoms with van der Waals surface area (Å²) in [7, 11) is 0. The summed E-state index contributed by atoms with van der Waals surface area (Å²) in [5.74, 6) is 0.539. The number of carbonyl (C=O) groups excluding carboxylic acids is 1. The molecule has 0 aliphatic carbocycles. The lowest BCUT2D eigenvalue weighted by Gasteiger charge is -2.32. The summed E-state index contributed by atoms with van der Waals surface area (Å²) >= 11 is 1.75. The molecule has 1 atom stereocenters. The van der Waals surface area contributed by atoms with E-state index >= 15 is 0 Å². The molecule has 0 bridgehead atoms. The number of hydrogen-bond acceptors (Lipinski definition) is 4. The number of thiazole rings is 1. The zero-order valence-electron chi connectivity index (χ0n) is 13.7. The van der Waals surface area contributed by atoms with Gasteiger partial charge in [-0.1, -0.05) is 12.1 Å². The van der Waals surface area contributed by atoms with Gasteiger partial charge in [-0.3, -0.25) is 4.79 Å². The maximum absolute atomic E-state index is 12.8. The maximum Gasteiger partial charge on any atom is 0.242 e. The van der Waals surface area contributed by atoms with Crippen molar-refractivity contribution in [1.82, 2.24) is 19.4 Å². The summed E-state index contributed by atoms with van der Waals surface area (Å²) < 4.78 is 1.94. The number of rotatable bonds is 3. The van der Waals surface area contributed by atoms with Crippen LogP contribution in [0, 0.1) is 6.92 Å². The molecule has 0 spiro atoms. The Morgan fingerprint density at radius 3 is 3.04 bits per heavy atom. The number of carbonyl (C=O) groups is 1. The van der Waals surface area contributed by atoms with Crippen molar-refractivity contribution >= 4 is 28.3 Å². The number of amides is 1. The van der Waals surface area contributed by atoms with Crippen LogP contribution < -0.4 is 0 Å². The highest BCUT2D eigenvalue weighted by atomic mass is 32.1. The predicted molar refractivity (Wildman–Crippen MR) is 95.1 cm³/mol. The molecule has 4 rings (SSSR count). The van der Waals surface area contributed by atoms with E-state index in [4.69, 9.17) is 0 Å². The molecule has 3 aromatic rings. The highest BCUT2D eigenvalue weighted by Gasteiger charge is 2.26. The molecule has 3 heterocycles. The Morgan fingerprint density at radius 2 is 2.21 bits per heavy atom. The van der Waals surface area contributed by atoms with Crippen molar-refractivity contribution in [3.05, 3.63) is 46.7 Å². The van der Waals surface area contributed by atoms with E-state index in [2.05, 4.69) is 16.9 Å². The average molecular weight is 340 g/mol. The van der Waals surface area contributed by atoms with Crippen LogP contribution in [0.4, 0.5) is 0 Å². The molecular formula is C18H20N4OS. The van der Waals surface area contributed by atoms with Crippen molar-refractivity contribution in [1.29, 1.82) is 0 Å². The van der Waals surface area contributed by atoms with Crippen LogP contribution in [0.5, 0.6) is 0 Å². The molecule has 24 heavy (non-hydrogen) atoms. The lowest BCUT2D eigenvalue weighted by atomic mass is 9.98. The lowest BCUT2D eigenvalue weighted by molar-refractivity contribution is -0.133. The number of aryl methyl sites for hydroxylation is 1. The fourth-order valence-electron chi connectivity index (χ4n) is 3.35. The van der Waals surface area contributed by atoms with Gasteiger partial charge in [0.15, 0.2) is 0 Å². The quantitative estimate of drug-likeness (QED) is 0.736. The van der Waals surface area contributed by atoms with Crippen LogP contribution in [0.1, 0.15) is 28.6 Å². The maximum atomic E-state index is 12.8. The molecule has 0 radical (unpaired) electrons. The molecule has 1 aromatic carbocycles. The summed E-state index contributed by atoms with van der Waals surface area (Å²) in [6, 6.07) is 7.92. The third-order valence-electron chi connectivity index (χ3n) is 4.60. The van der Waals surface area contributed by atoms with Crippen molar-refractivity contribution in [3.8, 4) is 0 Å². The zero-order chi connectivity index (χ0) is 16.5. The number of imidazole rings is 1. The molecular weight excluding hydrogens is 320 g/mol. The van der Waals surface area contributed by atoms with Gasteiger partial charge in [-0.15, -0.1) is 11.3 Å². The Labute approximate surface area is 145 Å². The first-order valence-electron chi connectivity index (χ1n) is 8.30. The van der Waals surface area contributed by atoms with E-state index in [1.54, 1.807) is 17.7 Å². The van der Waals surface area contributed by atoms with Gasteiger partial charge in [0.25, 0.3) is 0 Å². The molecule has 1 fully saturated rings. The van der Waals surface area contributed by atoms with E-state index in [0.29, 0.717) is 12.5 Å². The number of para-hydroxylation sites is 2. The van der Waals surface area contributed by atoms with Gasteiger partial charge in [-0.25, -0.2) is 9.97 Å². The number of piperidine rings is 1. The molecule has 124 valence electrons. The largest absolute Gasteiger partial charge is 0.340 e. The second kappa shape index (κ2) is 6.36.